The van der Waals surface area contributed by atoms with E-state index in [1.54, 1.807) is 0 Å². The normalized spacial score (nSPS) is 35.4. The Kier molecular flexibility index (Phi) is 3.83. The summed E-state index contributed by atoms with van der Waals surface area (Å²) in [6.45, 7) is 0.377. The second kappa shape index (κ2) is 5.69. The van der Waals surface area contributed by atoms with Crippen molar-refractivity contribution in [3.05, 3.63) is 27.8 Å². The van der Waals surface area contributed by atoms with Crippen molar-refractivity contribution in [1.82, 2.24) is 5.32 Å². The number of rotatable bonds is 4. The van der Waals surface area contributed by atoms with Gasteiger partial charge in [-0.05, 0) is 103 Å². The average molecular weight is 410 g/mol. The summed E-state index contributed by atoms with van der Waals surface area (Å²) in [5.41, 5.74) is 1.14. The fraction of sp³-hybridized carbons (Fsp3) is 0.611. The van der Waals surface area contributed by atoms with Crippen LogP contribution in [0.25, 0.3) is 0 Å². The first kappa shape index (κ1) is 14.8. The Balaban J connectivity index is 1.35. The third-order valence-corrected chi connectivity index (χ3v) is 6.46. The van der Waals surface area contributed by atoms with Crippen LogP contribution in [0.2, 0.25) is 0 Å². The van der Waals surface area contributed by atoms with Gasteiger partial charge >= 0.3 is 0 Å². The lowest BCUT2D eigenvalue weighted by atomic mass is 9.53. The topological polar surface area (TPSA) is 41.1 Å². The van der Waals surface area contributed by atoms with E-state index in [4.69, 9.17) is 0 Å². The van der Waals surface area contributed by atoms with Gasteiger partial charge in [0.1, 0.15) is 0 Å². The zero-order valence-electron chi connectivity index (χ0n) is 12.8. The number of nitrogens with one attached hydrogen (secondary N) is 2. The minimum Gasteiger partial charge on any atom is -0.376 e. The van der Waals surface area contributed by atoms with Gasteiger partial charge in [0.05, 0.1) is 6.54 Å². The van der Waals surface area contributed by atoms with Crippen molar-refractivity contribution in [2.24, 2.45) is 17.8 Å². The van der Waals surface area contributed by atoms with Crippen molar-refractivity contribution in [2.45, 2.75) is 44.1 Å². The van der Waals surface area contributed by atoms with Crippen LogP contribution in [0.1, 0.15) is 38.5 Å². The number of amides is 1. The van der Waals surface area contributed by atoms with Gasteiger partial charge in [-0.3, -0.25) is 4.79 Å². The molecule has 4 saturated carbocycles. The predicted molar refractivity (Wildman–Crippen MR) is 96.7 cm³/mol. The minimum atomic E-state index is 0.125. The van der Waals surface area contributed by atoms with Gasteiger partial charge in [-0.15, -0.1) is 0 Å². The Bertz CT molecular complexity index is 534. The molecule has 3 nitrogen and oxygen atoms in total. The molecule has 0 aliphatic heterocycles. The largest absolute Gasteiger partial charge is 0.376 e. The molecule has 1 aromatic rings. The molecule has 0 atom stereocenters. The molecule has 4 heteroatoms. The maximum absolute atomic E-state index is 12.4. The lowest BCUT2D eigenvalue weighted by molar-refractivity contribution is -0.125. The van der Waals surface area contributed by atoms with Gasteiger partial charge in [-0.2, -0.15) is 0 Å². The molecule has 0 unspecified atom stereocenters. The molecule has 2 N–H and O–H groups in total. The summed E-state index contributed by atoms with van der Waals surface area (Å²) in [6, 6.07) is 8.17. The summed E-state index contributed by atoms with van der Waals surface area (Å²) < 4.78 is 1.21. The standard InChI is InChI=1S/C18H23IN2O/c19-15-1-3-16(4-2-15)20-11-17(22)21-18-8-12-5-13(9-18)7-14(6-12)10-18/h1-4,12-14,20H,5-11H2,(H,21,22). The third kappa shape index (κ3) is 2.99. The van der Waals surface area contributed by atoms with Crippen molar-refractivity contribution < 1.29 is 4.79 Å². The highest BCUT2D eigenvalue weighted by atomic mass is 127. The van der Waals surface area contributed by atoms with Gasteiger partial charge in [-0.1, -0.05) is 0 Å². The highest BCUT2D eigenvalue weighted by molar-refractivity contribution is 14.1. The third-order valence-electron chi connectivity index (χ3n) is 5.74. The zero-order valence-corrected chi connectivity index (χ0v) is 14.9. The van der Waals surface area contributed by atoms with Crippen LogP contribution < -0.4 is 10.6 Å². The Morgan fingerprint density at radius 3 is 2.14 bits per heavy atom. The van der Waals surface area contributed by atoms with Crippen LogP contribution in [0.15, 0.2) is 24.3 Å². The van der Waals surface area contributed by atoms with Gasteiger partial charge in [0.2, 0.25) is 5.91 Å². The second-order valence-electron chi connectivity index (χ2n) is 7.61. The molecule has 118 valence electrons. The molecule has 4 bridgehead atoms. The molecular formula is C18H23IN2O. The maximum atomic E-state index is 12.4. The Labute approximate surface area is 145 Å². The van der Waals surface area contributed by atoms with Crippen molar-refractivity contribution in [3.63, 3.8) is 0 Å². The number of hydrogen-bond acceptors (Lipinski definition) is 2. The molecule has 22 heavy (non-hydrogen) atoms. The number of benzene rings is 1. The van der Waals surface area contributed by atoms with Gasteiger partial charge in [0, 0.05) is 14.8 Å². The number of anilines is 1. The fourth-order valence-corrected chi connectivity index (χ4v) is 5.71. The van der Waals surface area contributed by atoms with E-state index in [0.717, 1.165) is 23.4 Å². The molecule has 0 aromatic heterocycles. The Morgan fingerprint density at radius 2 is 1.59 bits per heavy atom. The monoisotopic (exact) mass is 410 g/mol. The van der Waals surface area contributed by atoms with Gasteiger partial charge in [0.25, 0.3) is 0 Å². The Morgan fingerprint density at radius 1 is 1.05 bits per heavy atom. The zero-order chi connectivity index (χ0) is 15.2. The number of carbonyl (C=O) groups excluding carboxylic acids is 1. The molecule has 4 aliphatic carbocycles. The van der Waals surface area contributed by atoms with Crippen LogP contribution in [0.3, 0.4) is 0 Å². The van der Waals surface area contributed by atoms with Gasteiger partial charge in [0.15, 0.2) is 0 Å². The van der Waals surface area contributed by atoms with E-state index in [1.165, 1.54) is 42.1 Å². The summed E-state index contributed by atoms with van der Waals surface area (Å²) >= 11 is 2.29. The summed E-state index contributed by atoms with van der Waals surface area (Å²) in [7, 11) is 0. The molecular weight excluding hydrogens is 387 g/mol. The van der Waals surface area contributed by atoms with E-state index in [0.29, 0.717) is 6.54 Å². The van der Waals surface area contributed by atoms with Crippen LogP contribution in [0.4, 0.5) is 5.69 Å². The first-order valence-electron chi connectivity index (χ1n) is 8.41. The summed E-state index contributed by atoms with van der Waals surface area (Å²) in [5, 5.41) is 6.64. The molecule has 0 heterocycles. The first-order chi connectivity index (χ1) is 10.6. The van der Waals surface area contributed by atoms with E-state index in [2.05, 4.69) is 45.4 Å². The molecule has 4 fully saturated rings. The fourth-order valence-electron chi connectivity index (χ4n) is 5.35. The van der Waals surface area contributed by atoms with Crippen molar-refractivity contribution in [3.8, 4) is 0 Å². The number of halogens is 1. The van der Waals surface area contributed by atoms with Crippen LogP contribution in [-0.2, 0) is 4.79 Å². The van der Waals surface area contributed by atoms with Gasteiger partial charge in [-0.25, -0.2) is 0 Å². The van der Waals surface area contributed by atoms with E-state index in [9.17, 15) is 4.79 Å². The van der Waals surface area contributed by atoms with E-state index < -0.39 is 0 Å². The molecule has 4 aliphatic rings. The average Bonchev–Trinajstić information content (AvgIpc) is 2.44. The Hall–Kier alpha value is -0.780. The molecule has 1 aromatic carbocycles. The number of carbonyl (C=O) groups is 1. The van der Waals surface area contributed by atoms with E-state index in [1.807, 2.05) is 12.1 Å². The van der Waals surface area contributed by atoms with Crippen molar-refractivity contribution >= 4 is 34.2 Å². The number of hydrogen-bond donors (Lipinski definition) is 2. The molecule has 0 radical (unpaired) electrons. The lowest BCUT2D eigenvalue weighted by Crippen LogP contribution is -2.60. The SMILES string of the molecule is O=C(CNc1ccc(I)cc1)NC12CC3CC(CC(C3)C1)C2. The molecule has 1 amide bonds. The quantitative estimate of drug-likeness (QED) is 0.742. The maximum Gasteiger partial charge on any atom is 0.239 e. The highest BCUT2D eigenvalue weighted by Gasteiger charge is 2.51. The lowest BCUT2D eigenvalue weighted by Gasteiger charge is -2.56. The highest BCUT2D eigenvalue weighted by Crippen LogP contribution is 2.55. The minimum absolute atomic E-state index is 0.125. The van der Waals surface area contributed by atoms with Crippen LogP contribution in [0.5, 0.6) is 0 Å². The molecule has 5 rings (SSSR count). The first-order valence-corrected chi connectivity index (χ1v) is 9.49. The summed E-state index contributed by atoms with van der Waals surface area (Å²) in [5.74, 6) is 2.77. The van der Waals surface area contributed by atoms with Gasteiger partial charge < -0.3 is 10.6 Å². The predicted octanol–water partition coefficient (Wildman–Crippen LogP) is 3.79. The van der Waals surface area contributed by atoms with Crippen molar-refractivity contribution in [1.29, 1.82) is 0 Å². The molecule has 0 spiro atoms. The van der Waals surface area contributed by atoms with E-state index in [-0.39, 0.29) is 11.4 Å². The van der Waals surface area contributed by atoms with Crippen LogP contribution >= 0.6 is 22.6 Å². The van der Waals surface area contributed by atoms with Crippen LogP contribution in [-0.4, -0.2) is 18.0 Å². The second-order valence-corrected chi connectivity index (χ2v) is 8.85. The smallest absolute Gasteiger partial charge is 0.239 e. The van der Waals surface area contributed by atoms with E-state index >= 15 is 0 Å². The summed E-state index contributed by atoms with van der Waals surface area (Å²) in [4.78, 5) is 12.4. The summed E-state index contributed by atoms with van der Waals surface area (Å²) in [6.07, 6.45) is 7.89. The van der Waals surface area contributed by atoms with Crippen molar-refractivity contribution in [2.75, 3.05) is 11.9 Å². The van der Waals surface area contributed by atoms with Crippen LogP contribution in [0, 0.1) is 21.3 Å². The molecule has 0 saturated heterocycles.